The van der Waals surface area contributed by atoms with E-state index < -0.39 is 0 Å². The summed E-state index contributed by atoms with van der Waals surface area (Å²) in [6, 6.07) is 18.2. The van der Waals surface area contributed by atoms with Gasteiger partial charge >= 0.3 is 0 Å². The van der Waals surface area contributed by atoms with E-state index in [1.807, 2.05) is 61.2 Å². The van der Waals surface area contributed by atoms with Gasteiger partial charge in [-0.25, -0.2) is 0 Å². The Labute approximate surface area is 221 Å². The Morgan fingerprint density at radius 3 is 2.25 bits per heavy atom. The van der Waals surface area contributed by atoms with Crippen molar-refractivity contribution < 1.29 is 14.3 Å². The van der Waals surface area contributed by atoms with Gasteiger partial charge in [-0.15, -0.1) is 12.4 Å². The molecule has 2 aliphatic heterocycles. The summed E-state index contributed by atoms with van der Waals surface area (Å²) >= 11 is 0. The average molecular weight is 514 g/mol. The molecule has 0 aliphatic carbocycles. The van der Waals surface area contributed by atoms with Crippen LogP contribution in [0.4, 0.5) is 0 Å². The summed E-state index contributed by atoms with van der Waals surface area (Å²) < 4.78 is 5.24. The van der Waals surface area contributed by atoms with Gasteiger partial charge in [-0.05, 0) is 62.0 Å². The highest BCUT2D eigenvalue weighted by Gasteiger charge is 2.47. The first-order valence-electron chi connectivity index (χ1n) is 12.9. The van der Waals surface area contributed by atoms with Crippen LogP contribution in [0.15, 0.2) is 54.6 Å². The maximum Gasteiger partial charge on any atom is 0.229 e. The second kappa shape index (κ2) is 12.6. The van der Waals surface area contributed by atoms with Gasteiger partial charge in [0.2, 0.25) is 11.8 Å². The lowest BCUT2D eigenvalue weighted by atomic mass is 9.77. The Kier molecular flexibility index (Phi) is 9.80. The third kappa shape index (κ3) is 6.60. The molecule has 2 heterocycles. The van der Waals surface area contributed by atoms with Crippen molar-refractivity contribution in [1.82, 2.24) is 15.1 Å². The fraction of sp³-hybridized carbons (Fsp3) is 0.517. The topological polar surface area (TPSA) is 61.9 Å². The summed E-state index contributed by atoms with van der Waals surface area (Å²) in [5.41, 5.74) is 2.09. The van der Waals surface area contributed by atoms with Crippen LogP contribution in [0.5, 0.6) is 5.75 Å². The van der Waals surface area contributed by atoms with Gasteiger partial charge in [0, 0.05) is 25.6 Å². The van der Waals surface area contributed by atoms with Crippen molar-refractivity contribution in [3.8, 4) is 5.75 Å². The fourth-order valence-electron chi connectivity index (χ4n) is 5.32. The molecule has 1 N–H and O–H groups in total. The smallest absolute Gasteiger partial charge is 0.229 e. The standard InChI is InChI=1S/C29H39N3O3.ClH/c1-22(2)27(33)30-26(24-7-5-4-6-8-24)13-17-31-18-14-29(15-19-31)16-20-32(28(29)34)21-23-9-11-25(35-3)12-10-23;/h4-12,22,26H,13-21H2,1-3H3,(H,30,33);1H/t26-;/m0./s1. The molecule has 2 aromatic carbocycles. The van der Waals surface area contributed by atoms with Crippen LogP contribution in [0.1, 0.15) is 56.7 Å². The number of nitrogens with one attached hydrogen (secondary N) is 1. The molecule has 0 aromatic heterocycles. The number of piperidine rings is 1. The van der Waals surface area contributed by atoms with Crippen LogP contribution in [-0.2, 0) is 16.1 Å². The van der Waals surface area contributed by atoms with Gasteiger partial charge in [0.1, 0.15) is 5.75 Å². The highest BCUT2D eigenvalue weighted by atomic mass is 35.5. The number of hydrogen-bond acceptors (Lipinski definition) is 4. The van der Waals surface area contributed by atoms with Crippen molar-refractivity contribution in [3.05, 3.63) is 65.7 Å². The maximum atomic E-state index is 13.4. The Balaban J connectivity index is 0.00000361. The summed E-state index contributed by atoms with van der Waals surface area (Å²) in [6.07, 6.45) is 3.65. The van der Waals surface area contributed by atoms with Crippen molar-refractivity contribution in [2.75, 3.05) is 33.3 Å². The SMILES string of the molecule is COc1ccc(CN2CCC3(CCN(CC[C@H](NC(=O)C(C)C)c4ccccc4)CC3)C2=O)cc1.Cl. The molecule has 1 spiro atoms. The van der Waals surface area contributed by atoms with Crippen LogP contribution in [0.2, 0.25) is 0 Å². The van der Waals surface area contributed by atoms with Gasteiger partial charge in [-0.2, -0.15) is 0 Å². The van der Waals surface area contributed by atoms with Crippen molar-refractivity contribution in [2.45, 2.75) is 52.1 Å². The molecule has 36 heavy (non-hydrogen) atoms. The largest absolute Gasteiger partial charge is 0.497 e. The average Bonchev–Trinajstić information content (AvgIpc) is 3.18. The van der Waals surface area contributed by atoms with Crippen LogP contribution in [-0.4, -0.2) is 54.9 Å². The Bertz CT molecular complexity index is 989. The number of hydrogen-bond donors (Lipinski definition) is 1. The summed E-state index contributed by atoms with van der Waals surface area (Å²) in [7, 11) is 1.67. The van der Waals surface area contributed by atoms with E-state index in [0.29, 0.717) is 12.5 Å². The highest BCUT2D eigenvalue weighted by Crippen LogP contribution is 2.42. The number of nitrogens with zero attached hydrogens (tertiary/aromatic N) is 2. The molecule has 6 nitrogen and oxygen atoms in total. The zero-order chi connectivity index (χ0) is 24.8. The number of carbonyl (C=O) groups is 2. The first kappa shape index (κ1) is 28.0. The van der Waals surface area contributed by atoms with E-state index in [1.165, 1.54) is 0 Å². The quantitative estimate of drug-likeness (QED) is 0.521. The minimum Gasteiger partial charge on any atom is -0.497 e. The minimum absolute atomic E-state index is 0. The van der Waals surface area contributed by atoms with Crippen molar-refractivity contribution in [3.63, 3.8) is 0 Å². The number of ether oxygens (including phenoxy) is 1. The summed E-state index contributed by atoms with van der Waals surface area (Å²) in [5, 5.41) is 3.23. The van der Waals surface area contributed by atoms with Gasteiger partial charge in [0.05, 0.1) is 18.6 Å². The fourth-order valence-corrected chi connectivity index (χ4v) is 5.32. The second-order valence-electron chi connectivity index (χ2n) is 10.4. The maximum absolute atomic E-state index is 13.4. The van der Waals surface area contributed by atoms with E-state index in [-0.39, 0.29) is 35.7 Å². The predicted molar refractivity (Wildman–Crippen MR) is 145 cm³/mol. The Morgan fingerprint density at radius 2 is 1.64 bits per heavy atom. The normalized spacial score (nSPS) is 18.2. The molecule has 2 saturated heterocycles. The van der Waals surface area contributed by atoms with Gasteiger partial charge in [0.15, 0.2) is 0 Å². The minimum atomic E-state index is -0.201. The lowest BCUT2D eigenvalue weighted by Gasteiger charge is -2.38. The van der Waals surface area contributed by atoms with E-state index in [1.54, 1.807) is 7.11 Å². The lowest BCUT2D eigenvalue weighted by molar-refractivity contribution is -0.139. The molecule has 0 saturated carbocycles. The Hall–Kier alpha value is -2.57. The number of benzene rings is 2. The molecule has 196 valence electrons. The van der Waals surface area contributed by atoms with Gasteiger partial charge in [0.25, 0.3) is 0 Å². The van der Waals surface area contributed by atoms with E-state index >= 15 is 0 Å². The van der Waals surface area contributed by atoms with Crippen molar-refractivity contribution >= 4 is 24.2 Å². The molecular weight excluding hydrogens is 474 g/mol. The number of likely N-dealkylation sites (tertiary alicyclic amines) is 2. The van der Waals surface area contributed by atoms with Gasteiger partial charge in [-0.3, -0.25) is 9.59 Å². The van der Waals surface area contributed by atoms with Crippen molar-refractivity contribution in [1.29, 1.82) is 0 Å². The summed E-state index contributed by atoms with van der Waals surface area (Å²) in [6.45, 7) is 8.14. The Morgan fingerprint density at radius 1 is 1.00 bits per heavy atom. The molecule has 2 aliphatic rings. The molecule has 7 heteroatoms. The predicted octanol–water partition coefficient (Wildman–Crippen LogP) is 4.84. The molecule has 1 atom stereocenters. The molecule has 4 rings (SSSR count). The zero-order valence-corrected chi connectivity index (χ0v) is 22.6. The van der Waals surface area contributed by atoms with Crippen LogP contribution < -0.4 is 10.1 Å². The number of rotatable bonds is 9. The van der Waals surface area contributed by atoms with E-state index in [2.05, 4.69) is 22.3 Å². The highest BCUT2D eigenvalue weighted by molar-refractivity contribution is 5.85. The van der Waals surface area contributed by atoms with Crippen LogP contribution in [0, 0.1) is 11.3 Å². The van der Waals surface area contributed by atoms with Gasteiger partial charge in [-0.1, -0.05) is 56.3 Å². The number of halogens is 1. The van der Waals surface area contributed by atoms with Crippen molar-refractivity contribution in [2.24, 2.45) is 11.3 Å². The third-order valence-corrected chi connectivity index (χ3v) is 7.72. The van der Waals surface area contributed by atoms with Crippen LogP contribution in [0.3, 0.4) is 0 Å². The molecule has 0 radical (unpaired) electrons. The van der Waals surface area contributed by atoms with Crippen LogP contribution in [0.25, 0.3) is 0 Å². The first-order valence-corrected chi connectivity index (χ1v) is 12.9. The second-order valence-corrected chi connectivity index (χ2v) is 10.4. The molecule has 2 amide bonds. The third-order valence-electron chi connectivity index (χ3n) is 7.72. The molecule has 0 bridgehead atoms. The molecular formula is C29H40ClN3O3. The number of methoxy groups -OCH3 is 1. The molecule has 0 unspecified atom stereocenters. The number of carbonyl (C=O) groups excluding carboxylic acids is 2. The first-order chi connectivity index (χ1) is 16.9. The summed E-state index contributed by atoms with van der Waals surface area (Å²) in [5.74, 6) is 1.21. The van der Waals surface area contributed by atoms with E-state index in [9.17, 15) is 9.59 Å². The van der Waals surface area contributed by atoms with E-state index in [0.717, 1.165) is 68.7 Å². The summed E-state index contributed by atoms with van der Waals surface area (Å²) in [4.78, 5) is 30.3. The number of amides is 2. The monoisotopic (exact) mass is 513 g/mol. The van der Waals surface area contributed by atoms with Crippen LogP contribution >= 0.6 is 12.4 Å². The lowest BCUT2D eigenvalue weighted by Crippen LogP contribution is -2.45. The molecule has 2 fully saturated rings. The van der Waals surface area contributed by atoms with E-state index in [4.69, 9.17) is 4.74 Å². The van der Waals surface area contributed by atoms with Gasteiger partial charge < -0.3 is 19.9 Å². The zero-order valence-electron chi connectivity index (χ0n) is 21.7. The molecule has 2 aromatic rings.